The molecule has 110 valence electrons. The summed E-state index contributed by atoms with van der Waals surface area (Å²) in [6.07, 6.45) is 0.156. The standard InChI is InChI=1S/C18H18N4/c1-3-7-15-13(5-1)9-10-14-6-2-4-8-16(14)17(15)21-22-18-19-11-12-20-18/h1-10,18-20,22H,11-12H2/p+1. The number of nitrogens with zero attached hydrogens (tertiary/aromatic N) is 1. The average molecular weight is 291 g/mol. The van der Waals surface area contributed by atoms with E-state index in [1.807, 2.05) is 0 Å². The van der Waals surface area contributed by atoms with Crippen LogP contribution in [-0.2, 0) is 0 Å². The highest BCUT2D eigenvalue weighted by Gasteiger charge is 2.14. The van der Waals surface area contributed by atoms with Crippen molar-refractivity contribution in [2.75, 3.05) is 13.1 Å². The second kappa shape index (κ2) is 5.75. The zero-order valence-corrected chi connectivity index (χ0v) is 12.3. The molecule has 1 unspecified atom stereocenters. The molecule has 22 heavy (non-hydrogen) atoms. The lowest BCUT2D eigenvalue weighted by atomic mass is 10.1. The van der Waals surface area contributed by atoms with Crippen LogP contribution in [0.5, 0.6) is 0 Å². The van der Waals surface area contributed by atoms with E-state index in [4.69, 9.17) is 5.10 Å². The van der Waals surface area contributed by atoms with Gasteiger partial charge in [-0.05, 0) is 10.8 Å². The molecule has 0 aliphatic carbocycles. The zero-order chi connectivity index (χ0) is 14.8. The summed E-state index contributed by atoms with van der Waals surface area (Å²) in [5, 5.41) is 16.0. The smallest absolute Gasteiger partial charge is 0.232 e. The molecule has 1 atom stereocenters. The van der Waals surface area contributed by atoms with Gasteiger partial charge in [-0.3, -0.25) is 0 Å². The third kappa shape index (κ3) is 2.43. The van der Waals surface area contributed by atoms with Crippen LogP contribution in [-0.4, -0.2) is 19.4 Å². The van der Waals surface area contributed by atoms with Crippen LogP contribution in [0.3, 0.4) is 0 Å². The van der Waals surface area contributed by atoms with Crippen LogP contribution in [0.1, 0.15) is 0 Å². The molecule has 0 spiro atoms. The Labute approximate surface area is 128 Å². The molecular formula is C18H19N4+. The molecule has 0 radical (unpaired) electrons. The van der Waals surface area contributed by atoms with Gasteiger partial charge in [0.2, 0.25) is 6.29 Å². The van der Waals surface area contributed by atoms with Gasteiger partial charge in [0.1, 0.15) is 0 Å². The van der Waals surface area contributed by atoms with E-state index in [9.17, 15) is 0 Å². The SMILES string of the molecule is c1ccc2c(=NNC3NCC[NH2+]3)c3ccccc3ccc2c1. The summed E-state index contributed by atoms with van der Waals surface area (Å²) in [7, 11) is 0. The molecule has 0 amide bonds. The van der Waals surface area contributed by atoms with Crippen molar-refractivity contribution in [2.24, 2.45) is 5.10 Å². The number of fused-ring (bicyclic) bond motifs is 2. The van der Waals surface area contributed by atoms with Crippen molar-refractivity contribution in [1.29, 1.82) is 0 Å². The van der Waals surface area contributed by atoms with Crippen molar-refractivity contribution in [3.63, 3.8) is 0 Å². The summed E-state index contributed by atoms with van der Waals surface area (Å²) in [5.41, 5.74) is 3.25. The Balaban J connectivity index is 2.00. The minimum atomic E-state index is 0.156. The normalized spacial score (nSPS) is 17.7. The van der Waals surface area contributed by atoms with Crippen LogP contribution in [0.4, 0.5) is 0 Å². The summed E-state index contributed by atoms with van der Waals surface area (Å²) in [6.45, 7) is 2.09. The molecule has 1 heterocycles. The fourth-order valence-corrected chi connectivity index (χ4v) is 2.97. The minimum absolute atomic E-state index is 0.156. The van der Waals surface area contributed by atoms with E-state index in [-0.39, 0.29) is 6.29 Å². The van der Waals surface area contributed by atoms with E-state index in [1.165, 1.54) is 10.8 Å². The third-order valence-electron chi connectivity index (χ3n) is 4.10. The van der Waals surface area contributed by atoms with Crippen molar-refractivity contribution in [3.05, 3.63) is 66.0 Å². The number of nitrogens with one attached hydrogen (secondary N) is 2. The molecule has 1 fully saturated rings. The lowest BCUT2D eigenvalue weighted by Gasteiger charge is -2.06. The molecular weight excluding hydrogens is 272 g/mol. The quantitative estimate of drug-likeness (QED) is 0.613. The van der Waals surface area contributed by atoms with Gasteiger partial charge in [-0.25, -0.2) is 10.7 Å². The number of hydrogen-bond acceptors (Lipinski definition) is 3. The largest absolute Gasteiger partial charge is 0.311 e. The predicted octanol–water partition coefficient (Wildman–Crippen LogP) is 0.849. The molecule has 4 rings (SSSR count). The number of rotatable bonds is 2. The van der Waals surface area contributed by atoms with E-state index >= 15 is 0 Å². The van der Waals surface area contributed by atoms with E-state index in [1.54, 1.807) is 0 Å². The van der Waals surface area contributed by atoms with Gasteiger partial charge in [0.05, 0.1) is 18.4 Å². The summed E-state index contributed by atoms with van der Waals surface area (Å²) < 4.78 is 0. The highest BCUT2D eigenvalue weighted by atomic mass is 15.5. The first-order valence-electron chi connectivity index (χ1n) is 7.69. The zero-order valence-electron chi connectivity index (χ0n) is 12.3. The van der Waals surface area contributed by atoms with Gasteiger partial charge in [-0.1, -0.05) is 60.7 Å². The lowest BCUT2D eigenvalue weighted by Crippen LogP contribution is -2.91. The lowest BCUT2D eigenvalue weighted by molar-refractivity contribution is -0.676. The Hall–Kier alpha value is -2.43. The molecule has 0 saturated carbocycles. The maximum atomic E-state index is 4.74. The first kappa shape index (κ1) is 13.2. The van der Waals surface area contributed by atoms with E-state index in [0.29, 0.717) is 0 Å². The van der Waals surface area contributed by atoms with Crippen LogP contribution in [0.25, 0.3) is 21.5 Å². The highest BCUT2D eigenvalue weighted by molar-refractivity contribution is 5.92. The van der Waals surface area contributed by atoms with Crippen molar-refractivity contribution >= 4 is 21.5 Å². The molecule has 4 heteroatoms. The van der Waals surface area contributed by atoms with Gasteiger partial charge in [-0.15, -0.1) is 0 Å². The molecule has 0 aromatic heterocycles. The van der Waals surface area contributed by atoms with Crippen LogP contribution in [0.15, 0.2) is 65.8 Å². The summed E-state index contributed by atoms with van der Waals surface area (Å²) in [6, 6.07) is 21.1. The average Bonchev–Trinajstić information content (AvgIpc) is 3.03. The summed E-state index contributed by atoms with van der Waals surface area (Å²) >= 11 is 0. The van der Waals surface area contributed by atoms with Gasteiger partial charge >= 0.3 is 0 Å². The van der Waals surface area contributed by atoms with Crippen molar-refractivity contribution in [2.45, 2.75) is 6.29 Å². The Morgan fingerprint density at radius 1 is 0.909 bits per heavy atom. The highest BCUT2D eigenvalue weighted by Crippen LogP contribution is 2.14. The fourth-order valence-electron chi connectivity index (χ4n) is 2.97. The number of quaternary nitrogens is 1. The Bertz CT molecular complexity index is 821. The number of nitrogens with two attached hydrogens (primary N) is 1. The molecule has 1 aliphatic heterocycles. The van der Waals surface area contributed by atoms with Crippen LogP contribution >= 0.6 is 0 Å². The fraction of sp³-hybridized carbons (Fsp3) is 0.167. The molecule has 0 bridgehead atoms. The van der Waals surface area contributed by atoms with Gasteiger partial charge < -0.3 is 5.32 Å². The molecule has 4 N–H and O–H groups in total. The maximum absolute atomic E-state index is 4.74. The molecule has 1 aliphatic rings. The van der Waals surface area contributed by atoms with Crippen molar-refractivity contribution in [1.82, 2.24) is 10.7 Å². The summed E-state index contributed by atoms with van der Waals surface area (Å²) in [4.78, 5) is 0. The predicted molar refractivity (Wildman–Crippen MR) is 88.7 cm³/mol. The maximum Gasteiger partial charge on any atom is 0.232 e. The topological polar surface area (TPSA) is 53.0 Å². The molecule has 4 nitrogen and oxygen atoms in total. The van der Waals surface area contributed by atoms with Crippen molar-refractivity contribution in [3.8, 4) is 0 Å². The number of benzene rings is 2. The van der Waals surface area contributed by atoms with E-state index < -0.39 is 0 Å². The molecule has 1 saturated heterocycles. The van der Waals surface area contributed by atoms with E-state index in [0.717, 1.165) is 29.2 Å². The Kier molecular flexibility index (Phi) is 3.46. The van der Waals surface area contributed by atoms with Crippen LogP contribution in [0, 0.1) is 0 Å². The second-order valence-electron chi connectivity index (χ2n) is 5.55. The van der Waals surface area contributed by atoms with Gasteiger partial charge in [0.25, 0.3) is 0 Å². The second-order valence-corrected chi connectivity index (χ2v) is 5.55. The van der Waals surface area contributed by atoms with Crippen LogP contribution < -0.4 is 21.4 Å². The third-order valence-corrected chi connectivity index (χ3v) is 4.10. The monoisotopic (exact) mass is 291 g/mol. The van der Waals surface area contributed by atoms with Gasteiger partial charge in [-0.2, -0.15) is 5.10 Å². The first-order valence-corrected chi connectivity index (χ1v) is 7.69. The van der Waals surface area contributed by atoms with Gasteiger partial charge in [0, 0.05) is 10.8 Å². The van der Waals surface area contributed by atoms with Gasteiger partial charge in [0.15, 0.2) is 0 Å². The van der Waals surface area contributed by atoms with Crippen LogP contribution in [0.2, 0.25) is 0 Å². The number of hydrogen-bond donors (Lipinski definition) is 3. The van der Waals surface area contributed by atoms with Crippen molar-refractivity contribution < 1.29 is 5.32 Å². The molecule has 3 aromatic rings. The Morgan fingerprint density at radius 2 is 1.55 bits per heavy atom. The Morgan fingerprint density at radius 3 is 2.14 bits per heavy atom. The summed E-state index contributed by atoms with van der Waals surface area (Å²) in [5.74, 6) is 0. The molecule has 3 aromatic carbocycles. The van der Waals surface area contributed by atoms with E-state index in [2.05, 4.69) is 76.7 Å². The minimum Gasteiger partial charge on any atom is -0.311 e. The first-order chi connectivity index (χ1) is 10.9.